The summed E-state index contributed by atoms with van der Waals surface area (Å²) in [5.74, 6) is 0. The van der Waals surface area contributed by atoms with Crippen molar-refractivity contribution in [1.82, 2.24) is 5.32 Å². The van der Waals surface area contributed by atoms with Crippen LogP contribution in [0.1, 0.15) is 29.5 Å². The van der Waals surface area contributed by atoms with Crippen molar-refractivity contribution in [2.75, 3.05) is 17.2 Å². The minimum absolute atomic E-state index is 0.531. The quantitative estimate of drug-likeness (QED) is 0.548. The fraction of sp³-hybridized carbons (Fsp3) is 0.231. The van der Waals surface area contributed by atoms with Crippen molar-refractivity contribution < 1.29 is 0 Å². The van der Waals surface area contributed by atoms with Gasteiger partial charge in [-0.3, -0.25) is 0 Å². The summed E-state index contributed by atoms with van der Waals surface area (Å²) in [6.45, 7) is 2.85. The van der Waals surface area contributed by atoms with Crippen molar-refractivity contribution in [1.29, 1.82) is 0 Å². The van der Waals surface area contributed by atoms with E-state index in [4.69, 9.17) is 5.73 Å². The van der Waals surface area contributed by atoms with Crippen LogP contribution in [0.3, 0.4) is 0 Å². The molecular weight excluding hydrogens is 354 g/mol. The summed E-state index contributed by atoms with van der Waals surface area (Å²) in [6, 6.07) is 28.2. The molecule has 3 aromatic carbocycles. The van der Waals surface area contributed by atoms with E-state index in [1.165, 1.54) is 35.2 Å². The number of benzene rings is 3. The largest absolute Gasteiger partial charge is 0.399 e. The lowest BCUT2D eigenvalue weighted by Gasteiger charge is -2.25. The number of hydrogen-bond donors (Lipinski definition) is 2. The van der Waals surface area contributed by atoms with Crippen LogP contribution in [0.25, 0.3) is 6.08 Å². The van der Waals surface area contributed by atoms with Gasteiger partial charge in [-0.25, -0.2) is 0 Å². The number of para-hydroxylation sites is 1. The van der Waals surface area contributed by atoms with Gasteiger partial charge in [-0.15, -0.1) is 0 Å². The number of nitrogens with zero attached hydrogens (tertiary/aromatic N) is 1. The Morgan fingerprint density at radius 2 is 1.52 bits per heavy atom. The Morgan fingerprint density at radius 3 is 2.14 bits per heavy atom. The van der Waals surface area contributed by atoms with Gasteiger partial charge in [-0.2, -0.15) is 0 Å². The smallest absolute Gasteiger partial charge is 0.0433 e. The summed E-state index contributed by atoms with van der Waals surface area (Å²) in [7, 11) is 0. The summed E-state index contributed by atoms with van der Waals surface area (Å²) in [4.78, 5) is 2.40. The fourth-order valence-corrected chi connectivity index (χ4v) is 3.78. The molecule has 29 heavy (non-hydrogen) atoms. The van der Waals surface area contributed by atoms with E-state index in [1.54, 1.807) is 0 Å². The van der Waals surface area contributed by atoms with Crippen molar-refractivity contribution in [3.63, 3.8) is 0 Å². The van der Waals surface area contributed by atoms with Gasteiger partial charge >= 0.3 is 0 Å². The van der Waals surface area contributed by atoms with Gasteiger partial charge in [0, 0.05) is 30.5 Å². The van der Waals surface area contributed by atoms with Crippen LogP contribution in [0.5, 0.6) is 0 Å². The third-order valence-electron chi connectivity index (χ3n) is 5.45. The Labute approximate surface area is 173 Å². The second-order valence-electron chi connectivity index (χ2n) is 7.74. The molecule has 0 bridgehead atoms. The van der Waals surface area contributed by atoms with Gasteiger partial charge in [-0.05, 0) is 60.3 Å². The number of rotatable bonds is 7. The number of hydrogen-bond acceptors (Lipinski definition) is 3. The minimum atomic E-state index is 0.531. The van der Waals surface area contributed by atoms with Crippen LogP contribution in [-0.4, -0.2) is 12.6 Å². The third-order valence-corrected chi connectivity index (χ3v) is 5.45. The number of anilines is 2. The monoisotopic (exact) mass is 383 g/mol. The van der Waals surface area contributed by atoms with Gasteiger partial charge in [0.2, 0.25) is 0 Å². The molecule has 3 aromatic rings. The van der Waals surface area contributed by atoms with E-state index in [9.17, 15) is 0 Å². The first kappa shape index (κ1) is 19.3. The average molecular weight is 384 g/mol. The Kier molecular flexibility index (Phi) is 6.28. The van der Waals surface area contributed by atoms with Crippen LogP contribution < -0.4 is 16.0 Å². The highest BCUT2D eigenvalue weighted by Gasteiger charge is 2.10. The van der Waals surface area contributed by atoms with E-state index in [0.717, 1.165) is 25.3 Å². The maximum absolute atomic E-state index is 5.85. The standard InChI is InChI=1S/C26H29N3/c27-24-15-12-23(13-16-24)20-29(26-6-2-1-3-7-26)19-22-10-8-21(9-11-22)14-17-25-5-4-18-28-25/h1-3,6-17,25,28H,4-5,18-20,27H2. The van der Waals surface area contributed by atoms with Crippen LogP contribution in [0.2, 0.25) is 0 Å². The summed E-state index contributed by atoms with van der Waals surface area (Å²) in [5, 5.41) is 3.51. The maximum atomic E-state index is 5.85. The molecule has 3 heteroatoms. The molecule has 3 N–H and O–H groups in total. The molecule has 0 aliphatic carbocycles. The maximum Gasteiger partial charge on any atom is 0.0433 e. The molecule has 1 saturated heterocycles. The number of nitrogens with two attached hydrogens (primary N) is 1. The molecule has 1 aliphatic rings. The van der Waals surface area contributed by atoms with Gasteiger partial charge in [0.1, 0.15) is 0 Å². The summed E-state index contributed by atoms with van der Waals surface area (Å²) in [6.07, 6.45) is 7.04. The Morgan fingerprint density at radius 1 is 0.862 bits per heavy atom. The topological polar surface area (TPSA) is 41.3 Å². The summed E-state index contributed by atoms with van der Waals surface area (Å²) in [5.41, 5.74) is 11.7. The number of nitrogen functional groups attached to an aromatic ring is 1. The highest BCUT2D eigenvalue weighted by atomic mass is 15.1. The molecule has 4 rings (SSSR count). The first-order valence-corrected chi connectivity index (χ1v) is 10.4. The zero-order valence-electron chi connectivity index (χ0n) is 16.8. The van der Waals surface area contributed by atoms with Gasteiger partial charge in [0.15, 0.2) is 0 Å². The summed E-state index contributed by atoms with van der Waals surface area (Å²) < 4.78 is 0. The van der Waals surface area contributed by atoms with E-state index < -0.39 is 0 Å². The molecule has 0 spiro atoms. The molecule has 0 amide bonds. The second kappa shape index (κ2) is 9.44. The molecule has 1 unspecified atom stereocenters. The molecule has 0 radical (unpaired) electrons. The highest BCUT2D eigenvalue weighted by molar-refractivity contribution is 5.52. The van der Waals surface area contributed by atoms with E-state index >= 15 is 0 Å². The van der Waals surface area contributed by atoms with Crippen molar-refractivity contribution in [2.24, 2.45) is 0 Å². The zero-order chi connectivity index (χ0) is 19.9. The second-order valence-corrected chi connectivity index (χ2v) is 7.74. The Balaban J connectivity index is 1.47. The van der Waals surface area contributed by atoms with Crippen LogP contribution in [0, 0.1) is 0 Å². The van der Waals surface area contributed by atoms with Crippen molar-refractivity contribution in [2.45, 2.75) is 32.0 Å². The highest BCUT2D eigenvalue weighted by Crippen LogP contribution is 2.21. The lowest BCUT2D eigenvalue weighted by molar-refractivity contribution is 0.730. The van der Waals surface area contributed by atoms with E-state index in [-0.39, 0.29) is 0 Å². The molecule has 0 saturated carbocycles. The van der Waals surface area contributed by atoms with Crippen molar-refractivity contribution in [3.05, 3.63) is 102 Å². The van der Waals surface area contributed by atoms with Crippen LogP contribution in [0.4, 0.5) is 11.4 Å². The Bertz CT molecular complexity index is 908. The molecule has 0 aromatic heterocycles. The first-order chi connectivity index (χ1) is 14.3. The fourth-order valence-electron chi connectivity index (χ4n) is 3.78. The predicted molar refractivity (Wildman–Crippen MR) is 124 cm³/mol. The first-order valence-electron chi connectivity index (χ1n) is 10.4. The van der Waals surface area contributed by atoms with Crippen molar-refractivity contribution >= 4 is 17.5 Å². The van der Waals surface area contributed by atoms with Crippen LogP contribution in [0.15, 0.2) is 84.9 Å². The van der Waals surface area contributed by atoms with Gasteiger partial charge in [0.05, 0.1) is 0 Å². The molecule has 1 aliphatic heterocycles. The van der Waals surface area contributed by atoms with Gasteiger partial charge in [0.25, 0.3) is 0 Å². The zero-order valence-corrected chi connectivity index (χ0v) is 16.8. The van der Waals surface area contributed by atoms with Crippen molar-refractivity contribution in [3.8, 4) is 0 Å². The predicted octanol–water partition coefficient (Wildman–Crippen LogP) is 5.24. The summed E-state index contributed by atoms with van der Waals surface area (Å²) >= 11 is 0. The molecule has 148 valence electrons. The molecular formula is C26H29N3. The lowest BCUT2D eigenvalue weighted by Crippen LogP contribution is -2.22. The third kappa shape index (κ3) is 5.49. The molecule has 1 heterocycles. The van der Waals surface area contributed by atoms with Crippen LogP contribution in [-0.2, 0) is 13.1 Å². The average Bonchev–Trinajstić information content (AvgIpc) is 3.29. The Hall–Kier alpha value is -3.04. The van der Waals surface area contributed by atoms with E-state index in [0.29, 0.717) is 6.04 Å². The van der Waals surface area contributed by atoms with E-state index in [1.807, 2.05) is 12.1 Å². The molecule has 1 fully saturated rings. The molecule has 3 nitrogen and oxygen atoms in total. The van der Waals surface area contributed by atoms with Gasteiger partial charge < -0.3 is 16.0 Å². The van der Waals surface area contributed by atoms with E-state index in [2.05, 4.69) is 89.1 Å². The minimum Gasteiger partial charge on any atom is -0.399 e. The number of nitrogens with one attached hydrogen (secondary N) is 1. The lowest BCUT2D eigenvalue weighted by atomic mass is 10.1. The molecule has 1 atom stereocenters. The van der Waals surface area contributed by atoms with Crippen LogP contribution >= 0.6 is 0 Å². The SMILES string of the molecule is Nc1ccc(CN(Cc2ccc(C=CC3CCCN3)cc2)c2ccccc2)cc1. The van der Waals surface area contributed by atoms with Gasteiger partial charge in [-0.1, -0.05) is 66.7 Å². The normalized spacial score (nSPS) is 16.3.